The highest BCUT2D eigenvalue weighted by atomic mass is 127. The molecule has 0 N–H and O–H groups in total. The van der Waals surface area contributed by atoms with Crippen LogP contribution in [0.15, 0.2) is 29.3 Å². The molecule has 2 rings (SSSR count). The number of hydrogen-bond acceptors (Lipinski definition) is 2. The Morgan fingerprint density at radius 1 is 1.39 bits per heavy atom. The van der Waals surface area contributed by atoms with E-state index in [4.69, 9.17) is 0 Å². The minimum Gasteiger partial charge on any atom is -0.299 e. The van der Waals surface area contributed by atoms with Crippen molar-refractivity contribution in [1.82, 2.24) is 9.55 Å². The van der Waals surface area contributed by atoms with Crippen molar-refractivity contribution < 1.29 is 0 Å². The van der Waals surface area contributed by atoms with E-state index in [2.05, 4.69) is 41.4 Å². The van der Waals surface area contributed by atoms with Crippen LogP contribution in [-0.2, 0) is 6.54 Å². The monoisotopic (exact) mass is 356 g/mol. The Hall–Kier alpha value is -0.910. The minimum atomic E-state index is 0.0715. The number of benzene rings is 1. The van der Waals surface area contributed by atoms with Gasteiger partial charge in [-0.1, -0.05) is 13.8 Å². The molecule has 0 fully saturated rings. The molecule has 4 heteroatoms. The third-order valence-corrected chi connectivity index (χ3v) is 3.64. The Bertz CT molecular complexity index is 604. The molecule has 0 aliphatic rings. The molecule has 18 heavy (non-hydrogen) atoms. The van der Waals surface area contributed by atoms with Gasteiger partial charge in [-0.3, -0.25) is 9.36 Å². The van der Waals surface area contributed by atoms with Gasteiger partial charge in [-0.2, -0.15) is 0 Å². The van der Waals surface area contributed by atoms with E-state index in [1.54, 1.807) is 10.9 Å². The van der Waals surface area contributed by atoms with Crippen molar-refractivity contribution in [1.29, 1.82) is 0 Å². The molecule has 96 valence electrons. The van der Waals surface area contributed by atoms with Gasteiger partial charge in [-0.05, 0) is 59.5 Å². The predicted molar refractivity (Wildman–Crippen MR) is 82.8 cm³/mol. The number of hydrogen-bond donors (Lipinski definition) is 0. The Labute approximate surface area is 120 Å². The number of aromatic nitrogens is 2. The molecule has 0 aliphatic carbocycles. The number of halogens is 1. The first kappa shape index (κ1) is 13.5. The summed E-state index contributed by atoms with van der Waals surface area (Å²) in [6, 6.07) is 5.78. The van der Waals surface area contributed by atoms with Gasteiger partial charge in [0.2, 0.25) is 0 Å². The van der Waals surface area contributed by atoms with Crippen LogP contribution in [0.25, 0.3) is 10.9 Å². The third kappa shape index (κ3) is 3.10. The minimum absolute atomic E-state index is 0.0715. The van der Waals surface area contributed by atoms with Crippen LogP contribution in [0.4, 0.5) is 0 Å². The standard InChI is InChI=1S/C14H17IN2O/c1-10(2)4-3-7-17-9-16-13-6-5-11(15)8-12(13)14(17)18/h5-6,8-10H,3-4,7H2,1-2H3. The van der Waals surface area contributed by atoms with Crippen molar-refractivity contribution >= 4 is 33.5 Å². The molecular weight excluding hydrogens is 339 g/mol. The van der Waals surface area contributed by atoms with Crippen LogP contribution < -0.4 is 5.56 Å². The van der Waals surface area contributed by atoms with Gasteiger partial charge in [-0.15, -0.1) is 0 Å². The maximum Gasteiger partial charge on any atom is 0.261 e. The van der Waals surface area contributed by atoms with Crippen LogP contribution in [-0.4, -0.2) is 9.55 Å². The van der Waals surface area contributed by atoms with Gasteiger partial charge < -0.3 is 0 Å². The molecule has 0 saturated carbocycles. The second-order valence-electron chi connectivity index (χ2n) is 4.94. The first-order valence-electron chi connectivity index (χ1n) is 6.22. The maximum atomic E-state index is 12.3. The lowest BCUT2D eigenvalue weighted by Gasteiger charge is -2.08. The van der Waals surface area contributed by atoms with Crippen molar-refractivity contribution in [3.8, 4) is 0 Å². The van der Waals surface area contributed by atoms with Crippen molar-refractivity contribution in [2.75, 3.05) is 0 Å². The van der Waals surface area contributed by atoms with Crippen LogP contribution in [0.1, 0.15) is 26.7 Å². The SMILES string of the molecule is CC(C)CCCn1cnc2ccc(I)cc2c1=O. The summed E-state index contributed by atoms with van der Waals surface area (Å²) in [5.41, 5.74) is 0.850. The second-order valence-corrected chi connectivity index (χ2v) is 6.19. The Balaban J connectivity index is 2.30. The fourth-order valence-corrected chi connectivity index (χ4v) is 2.45. The quantitative estimate of drug-likeness (QED) is 0.787. The van der Waals surface area contributed by atoms with E-state index in [1.807, 2.05) is 18.2 Å². The zero-order valence-electron chi connectivity index (χ0n) is 10.7. The molecule has 0 amide bonds. The van der Waals surface area contributed by atoms with Gasteiger partial charge >= 0.3 is 0 Å². The zero-order chi connectivity index (χ0) is 13.1. The molecule has 0 unspecified atom stereocenters. The third-order valence-electron chi connectivity index (χ3n) is 2.97. The fourth-order valence-electron chi connectivity index (χ4n) is 1.96. The van der Waals surface area contributed by atoms with Crippen LogP contribution in [0.3, 0.4) is 0 Å². The topological polar surface area (TPSA) is 34.9 Å². The lowest BCUT2D eigenvalue weighted by atomic mass is 10.1. The van der Waals surface area contributed by atoms with E-state index < -0.39 is 0 Å². The summed E-state index contributed by atoms with van der Waals surface area (Å²) in [4.78, 5) is 16.6. The van der Waals surface area contributed by atoms with Gasteiger partial charge in [-0.25, -0.2) is 4.98 Å². The molecule has 0 aliphatic heterocycles. The molecule has 1 heterocycles. The van der Waals surface area contributed by atoms with Crippen molar-refractivity contribution in [3.63, 3.8) is 0 Å². The zero-order valence-corrected chi connectivity index (χ0v) is 12.8. The molecule has 1 aromatic carbocycles. The summed E-state index contributed by atoms with van der Waals surface area (Å²) in [6.07, 6.45) is 3.82. The summed E-state index contributed by atoms with van der Waals surface area (Å²) in [7, 11) is 0. The Kier molecular flexibility index (Phi) is 4.37. The molecule has 3 nitrogen and oxygen atoms in total. The summed E-state index contributed by atoms with van der Waals surface area (Å²) in [6.45, 7) is 5.15. The molecule has 0 spiro atoms. The number of aryl methyl sites for hydroxylation is 1. The van der Waals surface area contributed by atoms with E-state index in [0.717, 1.165) is 28.5 Å². The van der Waals surface area contributed by atoms with Gasteiger partial charge in [0.25, 0.3) is 5.56 Å². The van der Waals surface area contributed by atoms with Gasteiger partial charge in [0.1, 0.15) is 0 Å². The molecule has 2 aromatic rings. The maximum absolute atomic E-state index is 12.3. The summed E-state index contributed by atoms with van der Waals surface area (Å²) < 4.78 is 2.79. The molecule has 0 saturated heterocycles. The first-order valence-corrected chi connectivity index (χ1v) is 7.30. The van der Waals surface area contributed by atoms with Gasteiger partial charge in [0.15, 0.2) is 0 Å². The van der Waals surface area contributed by atoms with Crippen LogP contribution >= 0.6 is 22.6 Å². The molecule has 1 aromatic heterocycles. The molecule has 0 bridgehead atoms. The highest BCUT2D eigenvalue weighted by Gasteiger charge is 2.04. The van der Waals surface area contributed by atoms with Crippen molar-refractivity contribution in [3.05, 3.63) is 38.5 Å². The molecule has 0 radical (unpaired) electrons. The summed E-state index contributed by atoms with van der Waals surface area (Å²) in [5, 5.41) is 0.717. The fraction of sp³-hybridized carbons (Fsp3) is 0.429. The van der Waals surface area contributed by atoms with E-state index in [9.17, 15) is 4.79 Å². The number of nitrogens with zero attached hydrogens (tertiary/aromatic N) is 2. The van der Waals surface area contributed by atoms with E-state index >= 15 is 0 Å². The Morgan fingerprint density at radius 2 is 2.17 bits per heavy atom. The highest BCUT2D eigenvalue weighted by molar-refractivity contribution is 14.1. The lowest BCUT2D eigenvalue weighted by Crippen LogP contribution is -2.21. The highest BCUT2D eigenvalue weighted by Crippen LogP contribution is 2.12. The van der Waals surface area contributed by atoms with E-state index in [0.29, 0.717) is 11.3 Å². The first-order chi connectivity index (χ1) is 8.58. The van der Waals surface area contributed by atoms with Crippen LogP contribution in [0.2, 0.25) is 0 Å². The summed E-state index contributed by atoms with van der Waals surface area (Å²) in [5.74, 6) is 0.676. The van der Waals surface area contributed by atoms with Crippen LogP contribution in [0.5, 0.6) is 0 Å². The van der Waals surface area contributed by atoms with Crippen molar-refractivity contribution in [2.45, 2.75) is 33.2 Å². The summed E-state index contributed by atoms with van der Waals surface area (Å²) >= 11 is 2.22. The number of rotatable bonds is 4. The average Bonchev–Trinajstić information content (AvgIpc) is 2.32. The van der Waals surface area contributed by atoms with Crippen molar-refractivity contribution in [2.24, 2.45) is 5.92 Å². The normalized spacial score (nSPS) is 11.3. The van der Waals surface area contributed by atoms with E-state index in [-0.39, 0.29) is 5.56 Å². The largest absolute Gasteiger partial charge is 0.299 e. The Morgan fingerprint density at radius 3 is 2.89 bits per heavy atom. The number of fused-ring (bicyclic) bond motifs is 1. The van der Waals surface area contributed by atoms with Gasteiger partial charge in [0.05, 0.1) is 17.2 Å². The smallest absolute Gasteiger partial charge is 0.261 e. The predicted octanol–water partition coefficient (Wildman–Crippen LogP) is 3.44. The van der Waals surface area contributed by atoms with E-state index in [1.165, 1.54) is 0 Å². The average molecular weight is 356 g/mol. The van der Waals surface area contributed by atoms with Crippen LogP contribution in [0, 0.1) is 9.49 Å². The van der Waals surface area contributed by atoms with Gasteiger partial charge in [0, 0.05) is 10.1 Å². The molecular formula is C14H17IN2O. The molecule has 0 atom stereocenters. The lowest BCUT2D eigenvalue weighted by molar-refractivity contribution is 0.504. The second kappa shape index (κ2) is 5.82.